The molecule has 0 radical (unpaired) electrons. The molecule has 0 fully saturated rings. The molecule has 0 saturated heterocycles. The maximum Gasteiger partial charge on any atom is 0.387 e. The van der Waals surface area contributed by atoms with Gasteiger partial charge in [-0.1, -0.05) is 48.5 Å². The van der Waals surface area contributed by atoms with E-state index in [1.54, 1.807) is 30.3 Å². The zero-order chi connectivity index (χ0) is 25.9. The minimum atomic E-state index is -3.80. The minimum absolute atomic E-state index is 0.0476. The fourth-order valence-electron chi connectivity index (χ4n) is 4.40. The molecule has 190 valence electrons. The Bertz CT molecular complexity index is 1380. The third kappa shape index (κ3) is 6.19. The van der Waals surface area contributed by atoms with Gasteiger partial charge in [0.2, 0.25) is 10.0 Å². The molecule has 3 aromatic rings. The number of sulfonamides is 1. The monoisotopic (exact) mass is 517 g/mol. The molecule has 0 saturated carbocycles. The summed E-state index contributed by atoms with van der Waals surface area (Å²) in [6.07, 6.45) is 1.39. The van der Waals surface area contributed by atoms with Crippen molar-refractivity contribution < 1.29 is 36.6 Å². The molecule has 1 aliphatic heterocycles. The number of hydrogen-bond acceptors (Lipinski definition) is 5. The number of unbranched alkanes of at least 4 members (excludes halogenated alkanes) is 1. The fraction of sp³-hybridized carbons (Fsp3) is 0.269. The van der Waals surface area contributed by atoms with Crippen molar-refractivity contribution in [2.24, 2.45) is 5.14 Å². The Morgan fingerprint density at radius 2 is 1.83 bits per heavy atom. The lowest BCUT2D eigenvalue weighted by Gasteiger charge is -2.31. The van der Waals surface area contributed by atoms with Crippen molar-refractivity contribution in [3.8, 4) is 22.6 Å². The first-order chi connectivity index (χ1) is 17.1. The highest BCUT2D eigenvalue weighted by atomic mass is 32.2. The first-order valence-electron chi connectivity index (χ1n) is 11.3. The summed E-state index contributed by atoms with van der Waals surface area (Å²) in [6, 6.07) is 17.2. The van der Waals surface area contributed by atoms with Crippen molar-refractivity contribution in [1.29, 1.82) is 0 Å². The molecule has 0 amide bonds. The molecule has 1 aliphatic rings. The van der Waals surface area contributed by atoms with E-state index in [9.17, 15) is 22.0 Å². The topological polar surface area (TPSA) is 116 Å². The van der Waals surface area contributed by atoms with Crippen molar-refractivity contribution in [3.63, 3.8) is 0 Å². The fourth-order valence-corrected chi connectivity index (χ4v) is 5.05. The van der Waals surface area contributed by atoms with Gasteiger partial charge in [-0.25, -0.2) is 13.6 Å². The van der Waals surface area contributed by atoms with Crippen molar-refractivity contribution >= 4 is 16.0 Å². The van der Waals surface area contributed by atoms with Crippen LogP contribution >= 0.6 is 0 Å². The Balaban J connectivity index is 1.75. The standard InChI is InChI=1S/C26H25F2NO6S/c27-26(28)35-22-9-4-8-21-24(22)19-12-11-17(15-36(29,32)33)14-20(19)25(34-21)18-7-3-6-16(13-18)5-1-2-10-23(30)31/h3-4,6-9,11-14,25-26H,1-2,5,10,15H2,(H,30,31)(H2,29,32,33). The van der Waals surface area contributed by atoms with Gasteiger partial charge in [-0.15, -0.1) is 0 Å². The van der Waals surface area contributed by atoms with Gasteiger partial charge in [0.05, 0.1) is 11.3 Å². The number of ether oxygens (including phenoxy) is 2. The summed E-state index contributed by atoms with van der Waals surface area (Å²) in [5, 5.41) is 14.1. The number of carbonyl (C=O) groups is 1. The highest BCUT2D eigenvalue weighted by Gasteiger charge is 2.31. The van der Waals surface area contributed by atoms with Crippen LogP contribution in [0.5, 0.6) is 11.5 Å². The first kappa shape index (κ1) is 25.6. The number of primary sulfonamides is 1. The molecule has 0 aromatic heterocycles. The largest absolute Gasteiger partial charge is 0.481 e. The number of aryl methyl sites for hydroxylation is 1. The smallest absolute Gasteiger partial charge is 0.387 e. The molecule has 4 rings (SSSR count). The van der Waals surface area contributed by atoms with Gasteiger partial charge in [-0.05, 0) is 53.6 Å². The molecule has 0 spiro atoms. The molecule has 0 aliphatic carbocycles. The number of aliphatic carboxylic acids is 1. The highest BCUT2D eigenvalue weighted by molar-refractivity contribution is 7.88. The van der Waals surface area contributed by atoms with Crippen LogP contribution in [0.2, 0.25) is 0 Å². The second-order valence-corrected chi connectivity index (χ2v) is 10.2. The van der Waals surface area contributed by atoms with Crippen LogP contribution in [0, 0.1) is 0 Å². The number of rotatable bonds is 10. The predicted octanol–water partition coefficient (Wildman–Crippen LogP) is 5.02. The SMILES string of the molecule is NS(=O)(=O)Cc1ccc2c(c1)C(c1cccc(CCCCC(=O)O)c1)Oc1cccc(OC(F)F)c1-2. The summed E-state index contributed by atoms with van der Waals surface area (Å²) < 4.78 is 60.6. The summed E-state index contributed by atoms with van der Waals surface area (Å²) in [4.78, 5) is 10.8. The van der Waals surface area contributed by atoms with E-state index in [4.69, 9.17) is 19.7 Å². The number of carboxylic acid groups (broad SMARTS) is 1. The van der Waals surface area contributed by atoms with Gasteiger partial charge < -0.3 is 14.6 Å². The number of carboxylic acids is 1. The Morgan fingerprint density at radius 1 is 1.06 bits per heavy atom. The third-order valence-electron chi connectivity index (χ3n) is 5.84. The van der Waals surface area contributed by atoms with E-state index in [0.717, 1.165) is 11.1 Å². The van der Waals surface area contributed by atoms with Gasteiger partial charge in [0.15, 0.2) is 0 Å². The Hall–Kier alpha value is -3.50. The van der Waals surface area contributed by atoms with Gasteiger partial charge in [0.1, 0.15) is 17.6 Å². The number of hydrogen-bond donors (Lipinski definition) is 2. The summed E-state index contributed by atoms with van der Waals surface area (Å²) >= 11 is 0. The molecular formula is C26H25F2NO6S. The summed E-state index contributed by atoms with van der Waals surface area (Å²) in [7, 11) is -3.80. The van der Waals surface area contributed by atoms with Gasteiger partial charge >= 0.3 is 12.6 Å². The molecule has 3 aromatic carbocycles. The van der Waals surface area contributed by atoms with E-state index < -0.39 is 34.5 Å². The number of alkyl halides is 2. The second kappa shape index (κ2) is 10.6. The van der Waals surface area contributed by atoms with Gasteiger partial charge in [0.25, 0.3) is 0 Å². The Morgan fingerprint density at radius 3 is 2.56 bits per heavy atom. The Kier molecular flexibility index (Phi) is 7.56. The van der Waals surface area contributed by atoms with E-state index in [2.05, 4.69) is 0 Å². The van der Waals surface area contributed by atoms with Gasteiger partial charge in [-0.3, -0.25) is 4.79 Å². The number of nitrogens with two attached hydrogens (primary N) is 1. The maximum absolute atomic E-state index is 13.1. The normalized spacial score (nSPS) is 14.6. The van der Waals surface area contributed by atoms with Crippen LogP contribution in [0.4, 0.5) is 8.78 Å². The lowest BCUT2D eigenvalue weighted by Crippen LogP contribution is -2.18. The predicted molar refractivity (Wildman–Crippen MR) is 129 cm³/mol. The average molecular weight is 518 g/mol. The first-order valence-corrected chi connectivity index (χ1v) is 13.0. The van der Waals surface area contributed by atoms with E-state index in [1.165, 1.54) is 6.07 Å². The van der Waals surface area contributed by atoms with Crippen LogP contribution in [-0.4, -0.2) is 26.1 Å². The number of halogens is 2. The summed E-state index contributed by atoms with van der Waals surface area (Å²) in [5.41, 5.74) is 3.75. The molecule has 1 atom stereocenters. The van der Waals surface area contributed by atoms with E-state index in [1.807, 2.05) is 24.3 Å². The zero-order valence-electron chi connectivity index (χ0n) is 19.2. The molecule has 7 nitrogen and oxygen atoms in total. The quantitative estimate of drug-likeness (QED) is 0.365. The lowest BCUT2D eigenvalue weighted by molar-refractivity contribution is -0.137. The van der Waals surface area contributed by atoms with Crippen molar-refractivity contribution in [2.75, 3.05) is 0 Å². The van der Waals surface area contributed by atoms with Crippen LogP contribution in [-0.2, 0) is 27.0 Å². The minimum Gasteiger partial charge on any atom is -0.481 e. The number of benzene rings is 3. The molecule has 10 heteroatoms. The molecule has 3 N–H and O–H groups in total. The van der Waals surface area contributed by atoms with Crippen molar-refractivity contribution in [1.82, 2.24) is 0 Å². The third-order valence-corrected chi connectivity index (χ3v) is 6.58. The summed E-state index contributed by atoms with van der Waals surface area (Å²) in [5.74, 6) is -0.913. The average Bonchev–Trinajstić information content (AvgIpc) is 2.80. The van der Waals surface area contributed by atoms with Crippen LogP contribution in [0.15, 0.2) is 60.7 Å². The lowest BCUT2D eigenvalue weighted by atomic mass is 9.87. The Labute approximate surface area is 207 Å². The van der Waals surface area contributed by atoms with Crippen LogP contribution in [0.1, 0.15) is 47.6 Å². The van der Waals surface area contributed by atoms with Crippen LogP contribution < -0.4 is 14.6 Å². The molecule has 1 unspecified atom stereocenters. The van der Waals surface area contributed by atoms with Gasteiger partial charge in [-0.2, -0.15) is 8.78 Å². The highest BCUT2D eigenvalue weighted by Crippen LogP contribution is 2.49. The van der Waals surface area contributed by atoms with Crippen LogP contribution in [0.3, 0.4) is 0 Å². The second-order valence-electron chi connectivity index (χ2n) is 8.58. The zero-order valence-corrected chi connectivity index (χ0v) is 20.0. The molecule has 1 heterocycles. The molecule has 0 bridgehead atoms. The maximum atomic E-state index is 13.1. The molecule has 36 heavy (non-hydrogen) atoms. The van der Waals surface area contributed by atoms with Gasteiger partial charge in [0, 0.05) is 12.0 Å². The summed E-state index contributed by atoms with van der Waals surface area (Å²) in [6.45, 7) is -3.03. The van der Waals surface area contributed by atoms with Crippen molar-refractivity contribution in [2.45, 2.75) is 44.2 Å². The molecular weight excluding hydrogens is 492 g/mol. The van der Waals surface area contributed by atoms with E-state index in [0.29, 0.717) is 47.3 Å². The van der Waals surface area contributed by atoms with Crippen LogP contribution in [0.25, 0.3) is 11.1 Å². The number of fused-ring (bicyclic) bond motifs is 3. The van der Waals surface area contributed by atoms with E-state index >= 15 is 0 Å². The van der Waals surface area contributed by atoms with Crippen molar-refractivity contribution in [3.05, 3.63) is 82.9 Å². The van der Waals surface area contributed by atoms with E-state index in [-0.39, 0.29) is 12.2 Å².